The van der Waals surface area contributed by atoms with Gasteiger partial charge in [0, 0.05) is 22.5 Å². The first kappa shape index (κ1) is 19.9. The van der Waals surface area contributed by atoms with Crippen LogP contribution in [0.3, 0.4) is 0 Å². The Morgan fingerprint density at radius 2 is 1.90 bits per heavy atom. The highest BCUT2D eigenvalue weighted by atomic mass is 35.5. The number of nitrogens with zero attached hydrogens (tertiary/aromatic N) is 1. The lowest BCUT2D eigenvalue weighted by Crippen LogP contribution is -2.23. The van der Waals surface area contributed by atoms with Crippen LogP contribution in [0.5, 0.6) is 5.75 Å². The molecule has 6 heteroatoms. The van der Waals surface area contributed by atoms with Gasteiger partial charge in [-0.3, -0.25) is 4.79 Å². The fraction of sp³-hybridized carbons (Fsp3) is 0.125. The van der Waals surface area contributed by atoms with Crippen LogP contribution < -0.4 is 10.1 Å². The van der Waals surface area contributed by atoms with Crippen molar-refractivity contribution in [3.63, 3.8) is 0 Å². The van der Waals surface area contributed by atoms with Gasteiger partial charge in [0.05, 0.1) is 31.2 Å². The number of halogens is 1. The second-order valence-corrected chi connectivity index (χ2v) is 7.27. The zero-order valence-electron chi connectivity index (χ0n) is 16.7. The van der Waals surface area contributed by atoms with Crippen LogP contribution in [0.25, 0.3) is 16.9 Å². The number of hydrogen-bond acceptors (Lipinski definition) is 3. The SMILES string of the molecule is COc1cccc(-n2c(-c3ccc(Cl)cc3)cc(C(=O)NCc3ccco3)c2C)c1. The Morgan fingerprint density at radius 3 is 2.60 bits per heavy atom. The number of ether oxygens (including phenoxy) is 1. The van der Waals surface area contributed by atoms with Crippen LogP contribution in [0.2, 0.25) is 5.02 Å². The van der Waals surface area contributed by atoms with Gasteiger partial charge in [0.15, 0.2) is 0 Å². The Balaban J connectivity index is 1.78. The molecule has 1 N–H and O–H groups in total. The first-order valence-corrected chi connectivity index (χ1v) is 9.88. The smallest absolute Gasteiger partial charge is 0.253 e. The Labute approximate surface area is 179 Å². The number of hydrogen-bond donors (Lipinski definition) is 1. The van der Waals surface area contributed by atoms with Gasteiger partial charge >= 0.3 is 0 Å². The topological polar surface area (TPSA) is 56.4 Å². The molecule has 152 valence electrons. The molecule has 5 nitrogen and oxygen atoms in total. The van der Waals surface area contributed by atoms with Crippen LogP contribution in [-0.4, -0.2) is 17.6 Å². The molecule has 4 rings (SSSR count). The Morgan fingerprint density at radius 1 is 1.10 bits per heavy atom. The summed E-state index contributed by atoms with van der Waals surface area (Å²) in [5, 5.41) is 3.58. The predicted molar refractivity (Wildman–Crippen MR) is 117 cm³/mol. The van der Waals surface area contributed by atoms with Gasteiger partial charge in [-0.25, -0.2) is 0 Å². The number of rotatable bonds is 6. The van der Waals surface area contributed by atoms with Crippen molar-refractivity contribution in [2.75, 3.05) is 7.11 Å². The minimum absolute atomic E-state index is 0.166. The molecule has 0 atom stereocenters. The molecule has 2 aromatic carbocycles. The summed E-state index contributed by atoms with van der Waals surface area (Å²) in [7, 11) is 1.63. The molecule has 0 aliphatic carbocycles. The average molecular weight is 421 g/mol. The average Bonchev–Trinajstić information content (AvgIpc) is 3.40. The summed E-state index contributed by atoms with van der Waals surface area (Å²) >= 11 is 6.08. The normalized spacial score (nSPS) is 10.8. The summed E-state index contributed by atoms with van der Waals surface area (Å²) in [4.78, 5) is 13.0. The van der Waals surface area contributed by atoms with Gasteiger partial charge in [0.1, 0.15) is 11.5 Å². The summed E-state index contributed by atoms with van der Waals surface area (Å²) in [6, 6.07) is 20.8. The van der Waals surface area contributed by atoms with E-state index < -0.39 is 0 Å². The summed E-state index contributed by atoms with van der Waals surface area (Å²) in [6.45, 7) is 2.26. The van der Waals surface area contributed by atoms with Crippen LogP contribution >= 0.6 is 11.6 Å². The molecule has 0 saturated heterocycles. The van der Waals surface area contributed by atoms with E-state index in [0.29, 0.717) is 22.9 Å². The molecule has 0 bridgehead atoms. The van der Waals surface area contributed by atoms with Crippen molar-refractivity contribution in [3.8, 4) is 22.7 Å². The fourth-order valence-corrected chi connectivity index (χ4v) is 3.55. The molecule has 0 radical (unpaired) electrons. The van der Waals surface area contributed by atoms with E-state index in [-0.39, 0.29) is 5.91 Å². The molecule has 0 spiro atoms. The quantitative estimate of drug-likeness (QED) is 0.439. The third-order valence-corrected chi connectivity index (χ3v) is 5.20. The molecule has 0 fully saturated rings. The van der Waals surface area contributed by atoms with E-state index >= 15 is 0 Å². The summed E-state index contributed by atoms with van der Waals surface area (Å²) in [5.41, 5.74) is 4.16. The zero-order valence-corrected chi connectivity index (χ0v) is 17.4. The lowest BCUT2D eigenvalue weighted by molar-refractivity contribution is 0.0947. The maximum Gasteiger partial charge on any atom is 0.253 e. The fourth-order valence-electron chi connectivity index (χ4n) is 3.43. The van der Waals surface area contributed by atoms with Crippen molar-refractivity contribution in [1.82, 2.24) is 9.88 Å². The van der Waals surface area contributed by atoms with Crippen molar-refractivity contribution in [2.24, 2.45) is 0 Å². The van der Waals surface area contributed by atoms with E-state index in [4.69, 9.17) is 20.8 Å². The lowest BCUT2D eigenvalue weighted by Gasteiger charge is -2.13. The Kier molecular flexibility index (Phi) is 5.63. The van der Waals surface area contributed by atoms with Crippen molar-refractivity contribution < 1.29 is 13.9 Å². The lowest BCUT2D eigenvalue weighted by atomic mass is 10.1. The molecule has 30 heavy (non-hydrogen) atoms. The number of furan rings is 1. The number of carbonyl (C=O) groups is 1. The Hall–Kier alpha value is -3.44. The third-order valence-electron chi connectivity index (χ3n) is 4.95. The van der Waals surface area contributed by atoms with Crippen molar-refractivity contribution >= 4 is 17.5 Å². The van der Waals surface area contributed by atoms with E-state index in [1.165, 1.54) is 0 Å². The van der Waals surface area contributed by atoms with E-state index in [1.54, 1.807) is 19.4 Å². The summed E-state index contributed by atoms with van der Waals surface area (Å²) in [6.07, 6.45) is 1.59. The maximum atomic E-state index is 13.0. The molecular formula is C24H21ClN2O3. The van der Waals surface area contributed by atoms with Gasteiger partial charge in [0.2, 0.25) is 0 Å². The largest absolute Gasteiger partial charge is 0.497 e. The Bertz CT molecular complexity index is 1160. The first-order valence-electron chi connectivity index (χ1n) is 9.50. The van der Waals surface area contributed by atoms with Gasteiger partial charge in [-0.1, -0.05) is 29.8 Å². The molecule has 0 saturated carbocycles. The van der Waals surface area contributed by atoms with Crippen LogP contribution in [-0.2, 0) is 6.54 Å². The molecule has 1 amide bonds. The molecule has 0 aliphatic heterocycles. The highest BCUT2D eigenvalue weighted by Gasteiger charge is 2.20. The van der Waals surface area contributed by atoms with Crippen LogP contribution in [0, 0.1) is 6.92 Å². The molecule has 4 aromatic rings. The van der Waals surface area contributed by atoms with Gasteiger partial charge in [-0.15, -0.1) is 0 Å². The standard InChI is InChI=1S/C24H21ClN2O3/c1-16-22(24(28)26-15-21-7-4-12-30-21)14-23(17-8-10-18(25)11-9-17)27(16)19-5-3-6-20(13-19)29-2/h3-14H,15H2,1-2H3,(H,26,28). The second kappa shape index (κ2) is 8.51. The van der Waals surface area contributed by atoms with Crippen LogP contribution in [0.4, 0.5) is 0 Å². The number of nitrogens with one attached hydrogen (secondary N) is 1. The maximum absolute atomic E-state index is 13.0. The molecule has 0 aliphatic rings. The third kappa shape index (κ3) is 3.98. The molecule has 2 heterocycles. The molecular weight excluding hydrogens is 400 g/mol. The van der Waals surface area contributed by atoms with Crippen molar-refractivity contribution in [1.29, 1.82) is 0 Å². The second-order valence-electron chi connectivity index (χ2n) is 6.83. The van der Waals surface area contributed by atoms with Gasteiger partial charge < -0.3 is 19.0 Å². The number of amides is 1. The zero-order chi connectivity index (χ0) is 21.1. The van der Waals surface area contributed by atoms with Crippen molar-refractivity contribution in [3.05, 3.63) is 95.0 Å². The van der Waals surface area contributed by atoms with Crippen LogP contribution in [0.1, 0.15) is 21.8 Å². The van der Waals surface area contributed by atoms with E-state index in [2.05, 4.69) is 5.32 Å². The monoisotopic (exact) mass is 420 g/mol. The highest BCUT2D eigenvalue weighted by Crippen LogP contribution is 2.31. The number of methoxy groups -OCH3 is 1. The van der Waals surface area contributed by atoms with E-state index in [0.717, 1.165) is 28.4 Å². The summed E-state index contributed by atoms with van der Waals surface area (Å²) < 4.78 is 12.7. The number of carbonyl (C=O) groups excluding carboxylic acids is 1. The van der Waals surface area contributed by atoms with Gasteiger partial charge in [-0.2, -0.15) is 0 Å². The predicted octanol–water partition coefficient (Wildman–Crippen LogP) is 5.64. The minimum Gasteiger partial charge on any atom is -0.497 e. The van der Waals surface area contributed by atoms with E-state index in [9.17, 15) is 4.79 Å². The highest BCUT2D eigenvalue weighted by molar-refractivity contribution is 6.30. The number of aromatic nitrogens is 1. The molecule has 0 unspecified atom stereocenters. The van der Waals surface area contributed by atoms with Crippen molar-refractivity contribution in [2.45, 2.75) is 13.5 Å². The number of benzene rings is 2. The van der Waals surface area contributed by atoms with Gasteiger partial charge in [0.25, 0.3) is 5.91 Å². The summed E-state index contributed by atoms with van der Waals surface area (Å²) in [5.74, 6) is 1.28. The molecule has 2 aromatic heterocycles. The minimum atomic E-state index is -0.166. The van der Waals surface area contributed by atoms with Crippen LogP contribution in [0.15, 0.2) is 77.4 Å². The first-order chi connectivity index (χ1) is 14.6. The van der Waals surface area contributed by atoms with Gasteiger partial charge in [-0.05, 0) is 55.0 Å². The van der Waals surface area contributed by atoms with E-state index in [1.807, 2.05) is 72.2 Å².